The van der Waals surface area contributed by atoms with Gasteiger partial charge in [0.2, 0.25) is 9.84 Å². The van der Waals surface area contributed by atoms with Crippen LogP contribution in [0, 0.1) is 24.2 Å². The number of hydrogen-bond acceptors (Lipinski definition) is 2. The lowest BCUT2D eigenvalue weighted by Gasteiger charge is -2.08. The van der Waals surface area contributed by atoms with Crippen molar-refractivity contribution in [2.24, 2.45) is 0 Å². The number of terminal acetylenes is 1. The highest BCUT2D eigenvalue weighted by Gasteiger charge is 2.21. The maximum Gasteiger partial charge on any atom is 0.207 e. The fraction of sp³-hybridized carbons (Fsp3) is 0. The molecule has 120 valence electrons. The van der Waals surface area contributed by atoms with Crippen LogP contribution in [-0.2, 0) is 9.84 Å². The van der Waals surface area contributed by atoms with E-state index in [0.29, 0.717) is 11.1 Å². The maximum absolute atomic E-state index is 13.0. The summed E-state index contributed by atoms with van der Waals surface area (Å²) in [5.74, 6) is 8.47. The highest BCUT2D eigenvalue weighted by molar-refractivity contribution is 7.91. The summed E-state index contributed by atoms with van der Waals surface area (Å²) in [4.78, 5) is 0.338. The Kier molecular flexibility index (Phi) is 4.70. The Balaban J connectivity index is 2.20. The molecule has 0 heterocycles. The van der Waals surface area contributed by atoms with Gasteiger partial charge in [0.05, 0.1) is 15.4 Å². The third-order valence-corrected chi connectivity index (χ3v) is 5.44. The monoisotopic (exact) mass is 342 g/mol. The van der Waals surface area contributed by atoms with E-state index in [9.17, 15) is 8.42 Å². The predicted molar refractivity (Wildman–Crippen MR) is 98.7 cm³/mol. The molecule has 0 radical (unpaired) electrons. The first-order chi connectivity index (χ1) is 12.1. The van der Waals surface area contributed by atoms with Crippen LogP contribution in [0.25, 0.3) is 0 Å². The molecule has 0 atom stereocenters. The molecule has 0 N–H and O–H groups in total. The summed E-state index contributed by atoms with van der Waals surface area (Å²) in [7, 11) is -3.70. The topological polar surface area (TPSA) is 34.1 Å². The second-order valence-electron chi connectivity index (χ2n) is 5.26. The summed E-state index contributed by atoms with van der Waals surface area (Å²) in [6.45, 7) is 0. The molecular formula is C22H14O2S. The van der Waals surface area contributed by atoms with Crippen molar-refractivity contribution in [3.63, 3.8) is 0 Å². The normalized spacial score (nSPS) is 10.4. The maximum atomic E-state index is 13.0. The van der Waals surface area contributed by atoms with Crippen molar-refractivity contribution in [1.29, 1.82) is 0 Å². The van der Waals surface area contributed by atoms with E-state index in [-0.39, 0.29) is 9.79 Å². The summed E-state index contributed by atoms with van der Waals surface area (Å²) < 4.78 is 26.0. The van der Waals surface area contributed by atoms with Crippen molar-refractivity contribution in [3.8, 4) is 24.2 Å². The van der Waals surface area contributed by atoms with Crippen molar-refractivity contribution >= 4 is 9.84 Å². The van der Waals surface area contributed by atoms with Crippen molar-refractivity contribution < 1.29 is 8.42 Å². The molecule has 0 unspecified atom stereocenters. The molecule has 0 aromatic heterocycles. The largest absolute Gasteiger partial charge is 0.218 e. The summed E-state index contributed by atoms with van der Waals surface area (Å²) in [5, 5.41) is 0. The zero-order valence-corrected chi connectivity index (χ0v) is 14.1. The molecular weight excluding hydrogens is 328 g/mol. The van der Waals surface area contributed by atoms with Gasteiger partial charge < -0.3 is 0 Å². The summed E-state index contributed by atoms with van der Waals surface area (Å²) in [6, 6.07) is 22.5. The van der Waals surface area contributed by atoms with Gasteiger partial charge in [-0.05, 0) is 36.4 Å². The minimum atomic E-state index is -3.70. The Morgan fingerprint density at radius 2 is 1.36 bits per heavy atom. The van der Waals surface area contributed by atoms with E-state index < -0.39 is 9.84 Å². The molecule has 3 rings (SSSR count). The summed E-state index contributed by atoms with van der Waals surface area (Å²) >= 11 is 0. The number of sulfone groups is 1. The van der Waals surface area contributed by atoms with E-state index in [2.05, 4.69) is 17.8 Å². The quantitative estimate of drug-likeness (QED) is 0.662. The van der Waals surface area contributed by atoms with E-state index in [4.69, 9.17) is 6.42 Å². The first-order valence-electron chi connectivity index (χ1n) is 7.60. The molecule has 0 aliphatic rings. The van der Waals surface area contributed by atoms with Gasteiger partial charge in [-0.25, -0.2) is 8.42 Å². The fourth-order valence-electron chi connectivity index (χ4n) is 2.39. The molecule has 0 fully saturated rings. The zero-order chi connectivity index (χ0) is 17.7. The lowest BCUT2D eigenvalue weighted by molar-refractivity contribution is 0.596. The van der Waals surface area contributed by atoms with Crippen LogP contribution >= 0.6 is 0 Å². The molecule has 0 aliphatic carbocycles. The molecule has 0 amide bonds. The van der Waals surface area contributed by atoms with Gasteiger partial charge in [-0.1, -0.05) is 60.2 Å². The first kappa shape index (κ1) is 16.6. The molecule has 3 aromatic carbocycles. The Morgan fingerprint density at radius 1 is 0.720 bits per heavy atom. The number of benzene rings is 3. The van der Waals surface area contributed by atoms with Gasteiger partial charge in [-0.2, -0.15) is 0 Å². The third-order valence-electron chi connectivity index (χ3n) is 3.63. The smallest absolute Gasteiger partial charge is 0.207 e. The SMILES string of the molecule is C#Cc1cccc(S(=O)(=O)c2ccccc2)c1C#Cc1ccccc1. The lowest BCUT2D eigenvalue weighted by atomic mass is 10.1. The number of rotatable bonds is 2. The van der Waals surface area contributed by atoms with Gasteiger partial charge in [0.1, 0.15) is 0 Å². The minimum absolute atomic E-state index is 0.123. The van der Waals surface area contributed by atoms with E-state index in [1.165, 1.54) is 6.07 Å². The fourth-order valence-corrected chi connectivity index (χ4v) is 3.84. The third kappa shape index (κ3) is 3.48. The second kappa shape index (κ2) is 7.09. The first-order valence-corrected chi connectivity index (χ1v) is 9.08. The minimum Gasteiger partial charge on any atom is -0.218 e. The average molecular weight is 342 g/mol. The molecule has 0 spiro atoms. The van der Waals surface area contributed by atoms with Gasteiger partial charge in [0.15, 0.2) is 0 Å². The van der Waals surface area contributed by atoms with Crippen LogP contribution in [0.4, 0.5) is 0 Å². The van der Waals surface area contributed by atoms with Crippen molar-refractivity contribution in [2.45, 2.75) is 9.79 Å². The van der Waals surface area contributed by atoms with E-state index in [0.717, 1.165) is 5.56 Å². The van der Waals surface area contributed by atoms with E-state index in [1.807, 2.05) is 30.3 Å². The lowest BCUT2D eigenvalue weighted by Crippen LogP contribution is -2.05. The van der Waals surface area contributed by atoms with Crippen LogP contribution in [0.1, 0.15) is 16.7 Å². The molecule has 0 saturated carbocycles. The highest BCUT2D eigenvalue weighted by Crippen LogP contribution is 2.25. The molecule has 2 nitrogen and oxygen atoms in total. The van der Waals surface area contributed by atoms with E-state index in [1.54, 1.807) is 42.5 Å². The Morgan fingerprint density at radius 3 is 2.00 bits per heavy atom. The van der Waals surface area contributed by atoms with Crippen LogP contribution in [0.15, 0.2) is 88.7 Å². The van der Waals surface area contributed by atoms with Crippen molar-refractivity contribution in [2.75, 3.05) is 0 Å². The molecule has 0 aliphatic heterocycles. The Hall–Kier alpha value is -3.27. The van der Waals surface area contributed by atoms with Gasteiger partial charge >= 0.3 is 0 Å². The predicted octanol–water partition coefficient (Wildman–Crippen LogP) is 3.90. The number of hydrogen-bond donors (Lipinski definition) is 0. The standard InChI is InChI=1S/C22H14O2S/c1-2-19-12-9-15-22(25(23,24)20-13-7-4-8-14-20)21(19)17-16-18-10-5-3-6-11-18/h1,3-15H. The van der Waals surface area contributed by atoms with Crippen molar-refractivity contribution in [1.82, 2.24) is 0 Å². The van der Waals surface area contributed by atoms with Crippen molar-refractivity contribution in [3.05, 3.63) is 95.6 Å². The van der Waals surface area contributed by atoms with Crippen LogP contribution in [-0.4, -0.2) is 8.42 Å². The van der Waals surface area contributed by atoms with Gasteiger partial charge in [-0.3, -0.25) is 0 Å². The summed E-state index contributed by atoms with van der Waals surface area (Å²) in [5.41, 5.74) is 1.59. The summed E-state index contributed by atoms with van der Waals surface area (Å²) in [6.07, 6.45) is 5.56. The average Bonchev–Trinajstić information content (AvgIpc) is 2.67. The van der Waals surface area contributed by atoms with E-state index >= 15 is 0 Å². The molecule has 0 bridgehead atoms. The molecule has 25 heavy (non-hydrogen) atoms. The van der Waals surface area contributed by atoms with Crippen LogP contribution in [0.3, 0.4) is 0 Å². The van der Waals surface area contributed by atoms with Crippen LogP contribution in [0.5, 0.6) is 0 Å². The van der Waals surface area contributed by atoms with Gasteiger partial charge in [0, 0.05) is 11.1 Å². The second-order valence-corrected chi connectivity index (χ2v) is 7.17. The Labute approximate surface area is 148 Å². The van der Waals surface area contributed by atoms with Crippen LogP contribution in [0.2, 0.25) is 0 Å². The van der Waals surface area contributed by atoms with Gasteiger partial charge in [-0.15, -0.1) is 6.42 Å². The molecule has 0 saturated heterocycles. The Bertz CT molecular complexity index is 1100. The zero-order valence-electron chi connectivity index (χ0n) is 13.3. The highest BCUT2D eigenvalue weighted by atomic mass is 32.2. The van der Waals surface area contributed by atoms with Crippen LogP contribution < -0.4 is 0 Å². The molecule has 3 heteroatoms. The van der Waals surface area contributed by atoms with Gasteiger partial charge in [0.25, 0.3) is 0 Å². The molecule has 3 aromatic rings.